The Morgan fingerprint density at radius 2 is 2.12 bits per heavy atom. The van der Waals surface area contributed by atoms with Crippen LogP contribution in [-0.4, -0.2) is 30.3 Å². The third-order valence-corrected chi connectivity index (χ3v) is 3.48. The molecule has 0 unspecified atom stereocenters. The maximum atomic E-state index is 11.7. The second-order valence-electron chi connectivity index (χ2n) is 6.08. The minimum atomic E-state index is -0.416. The number of ether oxygens (including phenoxy) is 1. The third-order valence-electron chi connectivity index (χ3n) is 3.48. The van der Waals surface area contributed by atoms with Gasteiger partial charge in [-0.15, -0.1) is 0 Å². The first-order valence-corrected chi connectivity index (χ1v) is 6.10. The van der Waals surface area contributed by atoms with Crippen LogP contribution in [-0.2, 0) is 4.74 Å². The smallest absolute Gasteiger partial charge is 0.407 e. The molecule has 4 heteroatoms. The van der Waals surface area contributed by atoms with Gasteiger partial charge in [-0.05, 0) is 39.0 Å². The van der Waals surface area contributed by atoms with E-state index in [0.29, 0.717) is 17.9 Å². The lowest BCUT2D eigenvalue weighted by Crippen LogP contribution is -2.46. The van der Waals surface area contributed by atoms with Crippen molar-refractivity contribution in [2.75, 3.05) is 6.54 Å². The Kier molecular flexibility index (Phi) is 2.86. The van der Waals surface area contributed by atoms with Crippen molar-refractivity contribution < 1.29 is 9.53 Å². The minimum absolute atomic E-state index is 0.254. The monoisotopic (exact) mass is 226 g/mol. The molecule has 1 saturated heterocycles. The topological polar surface area (TPSA) is 50.4 Å². The van der Waals surface area contributed by atoms with Crippen molar-refractivity contribution in [3.8, 4) is 0 Å². The third kappa shape index (κ3) is 2.32. The van der Waals surface area contributed by atoms with Gasteiger partial charge in [-0.3, -0.25) is 0 Å². The van der Waals surface area contributed by atoms with Crippen LogP contribution in [0, 0.1) is 11.8 Å². The zero-order valence-corrected chi connectivity index (χ0v) is 10.5. The maximum Gasteiger partial charge on any atom is 0.407 e. The van der Waals surface area contributed by atoms with E-state index < -0.39 is 5.60 Å². The van der Waals surface area contributed by atoms with Crippen LogP contribution in [0.2, 0.25) is 0 Å². The largest absolute Gasteiger partial charge is 0.444 e. The highest BCUT2D eigenvalue weighted by Gasteiger charge is 2.47. The number of piperidine rings is 1. The van der Waals surface area contributed by atoms with Gasteiger partial charge in [0.05, 0.1) is 6.04 Å². The number of hydrogen-bond acceptors (Lipinski definition) is 3. The molecule has 0 radical (unpaired) electrons. The Hall–Kier alpha value is -0.770. The van der Waals surface area contributed by atoms with Crippen LogP contribution in [0.4, 0.5) is 4.79 Å². The highest BCUT2D eigenvalue weighted by Crippen LogP contribution is 2.36. The van der Waals surface area contributed by atoms with Gasteiger partial charge in [0, 0.05) is 12.6 Å². The van der Waals surface area contributed by atoms with Gasteiger partial charge in [0.1, 0.15) is 5.60 Å². The summed E-state index contributed by atoms with van der Waals surface area (Å²) >= 11 is 0. The standard InChI is InChI=1S/C12H22N2O2/c1-7-5-8-6-13-9(7)10(8)14-11(15)16-12(2,3)4/h7-10,13H,5-6H2,1-4H3,(H,14,15)/t7-,8+,9+,10+/m0/s1. The molecule has 1 saturated carbocycles. The van der Waals surface area contributed by atoms with Crippen LogP contribution in [0.25, 0.3) is 0 Å². The van der Waals surface area contributed by atoms with Crippen LogP contribution in [0.3, 0.4) is 0 Å². The van der Waals surface area contributed by atoms with Crippen LogP contribution in [0.5, 0.6) is 0 Å². The average molecular weight is 226 g/mol. The van der Waals surface area contributed by atoms with Gasteiger partial charge in [-0.25, -0.2) is 4.79 Å². The summed E-state index contributed by atoms with van der Waals surface area (Å²) in [4.78, 5) is 11.7. The first-order valence-electron chi connectivity index (χ1n) is 6.10. The molecule has 1 heterocycles. The molecule has 0 aromatic rings. The first-order chi connectivity index (χ1) is 7.37. The van der Waals surface area contributed by atoms with E-state index in [9.17, 15) is 4.79 Å². The zero-order chi connectivity index (χ0) is 11.9. The van der Waals surface area contributed by atoms with Crippen molar-refractivity contribution in [3.05, 3.63) is 0 Å². The fourth-order valence-electron chi connectivity index (χ4n) is 2.90. The van der Waals surface area contributed by atoms with Gasteiger partial charge >= 0.3 is 6.09 Å². The molecule has 16 heavy (non-hydrogen) atoms. The molecule has 4 nitrogen and oxygen atoms in total. The van der Waals surface area contributed by atoms with E-state index in [1.165, 1.54) is 6.42 Å². The Morgan fingerprint density at radius 1 is 1.44 bits per heavy atom. The first kappa shape index (κ1) is 11.7. The lowest BCUT2D eigenvalue weighted by molar-refractivity contribution is 0.0496. The summed E-state index contributed by atoms with van der Waals surface area (Å²) in [7, 11) is 0. The summed E-state index contributed by atoms with van der Waals surface area (Å²) in [5, 5.41) is 6.46. The summed E-state index contributed by atoms with van der Waals surface area (Å²) < 4.78 is 5.28. The average Bonchev–Trinajstić information content (AvgIpc) is 2.57. The predicted octanol–water partition coefficient (Wildman–Crippen LogP) is 1.51. The van der Waals surface area contributed by atoms with E-state index in [-0.39, 0.29) is 12.1 Å². The molecular weight excluding hydrogens is 204 g/mol. The van der Waals surface area contributed by atoms with E-state index in [2.05, 4.69) is 17.6 Å². The molecule has 0 aromatic heterocycles. The number of hydrogen-bond donors (Lipinski definition) is 2. The molecule has 2 N–H and O–H groups in total. The summed E-state index contributed by atoms with van der Waals surface area (Å²) in [5.74, 6) is 1.23. The van der Waals surface area contributed by atoms with E-state index in [1.807, 2.05) is 20.8 Å². The van der Waals surface area contributed by atoms with E-state index in [4.69, 9.17) is 4.74 Å². The number of amides is 1. The fourth-order valence-corrected chi connectivity index (χ4v) is 2.90. The fraction of sp³-hybridized carbons (Fsp3) is 0.917. The van der Waals surface area contributed by atoms with E-state index >= 15 is 0 Å². The highest BCUT2D eigenvalue weighted by atomic mass is 16.6. The quantitative estimate of drug-likeness (QED) is 0.712. The summed E-state index contributed by atoms with van der Waals surface area (Å²) in [6.45, 7) is 8.92. The van der Waals surface area contributed by atoms with Crippen LogP contribution < -0.4 is 10.6 Å². The number of carbonyl (C=O) groups excluding carboxylic acids is 1. The number of nitrogens with one attached hydrogen (secondary N) is 2. The number of alkyl carbamates (subject to hydrolysis) is 1. The van der Waals surface area contributed by atoms with Crippen LogP contribution >= 0.6 is 0 Å². The molecule has 2 bridgehead atoms. The highest BCUT2D eigenvalue weighted by molar-refractivity contribution is 5.68. The van der Waals surface area contributed by atoms with Gasteiger partial charge in [0.2, 0.25) is 0 Å². The van der Waals surface area contributed by atoms with Gasteiger partial charge in [-0.2, -0.15) is 0 Å². The Labute approximate surface area is 97.1 Å². The van der Waals surface area contributed by atoms with Gasteiger partial charge in [0.25, 0.3) is 0 Å². The lowest BCUT2D eigenvalue weighted by atomic mass is 10.0. The molecule has 2 fully saturated rings. The van der Waals surface area contributed by atoms with Crippen molar-refractivity contribution in [2.45, 2.75) is 51.8 Å². The van der Waals surface area contributed by atoms with E-state index in [0.717, 1.165) is 6.54 Å². The minimum Gasteiger partial charge on any atom is -0.444 e. The summed E-state index contributed by atoms with van der Waals surface area (Å²) in [6, 6.07) is 0.683. The second kappa shape index (κ2) is 3.91. The molecule has 1 amide bonds. The van der Waals surface area contributed by atoms with Gasteiger partial charge in [0.15, 0.2) is 0 Å². The summed E-state index contributed by atoms with van der Waals surface area (Å²) in [5.41, 5.74) is -0.416. The Bertz CT molecular complexity index is 285. The lowest BCUT2D eigenvalue weighted by Gasteiger charge is -2.23. The second-order valence-corrected chi connectivity index (χ2v) is 6.08. The SMILES string of the molecule is C[C@H]1C[C@@H]2CN[C@H]1[C@@H]2NC(=O)OC(C)(C)C. The van der Waals surface area contributed by atoms with Crippen molar-refractivity contribution in [2.24, 2.45) is 11.8 Å². The normalized spacial score (nSPS) is 37.5. The predicted molar refractivity (Wildman–Crippen MR) is 62.2 cm³/mol. The molecule has 92 valence electrons. The number of rotatable bonds is 1. The van der Waals surface area contributed by atoms with Crippen LogP contribution in [0.1, 0.15) is 34.1 Å². The number of fused-ring (bicyclic) bond motifs is 2. The zero-order valence-electron chi connectivity index (χ0n) is 10.5. The van der Waals surface area contributed by atoms with Crippen molar-refractivity contribution in [1.29, 1.82) is 0 Å². The molecule has 0 aromatic carbocycles. The van der Waals surface area contributed by atoms with Crippen molar-refractivity contribution >= 4 is 6.09 Å². The molecule has 2 rings (SSSR count). The maximum absolute atomic E-state index is 11.7. The van der Waals surface area contributed by atoms with Crippen molar-refractivity contribution in [1.82, 2.24) is 10.6 Å². The van der Waals surface area contributed by atoms with Crippen LogP contribution in [0.15, 0.2) is 0 Å². The Balaban J connectivity index is 1.89. The molecular formula is C12H22N2O2. The Morgan fingerprint density at radius 3 is 2.56 bits per heavy atom. The molecule has 2 aliphatic rings. The summed E-state index contributed by atoms with van der Waals surface area (Å²) in [6.07, 6.45) is 0.920. The van der Waals surface area contributed by atoms with Crippen molar-refractivity contribution in [3.63, 3.8) is 0 Å². The van der Waals surface area contributed by atoms with E-state index in [1.54, 1.807) is 0 Å². The molecule has 1 aliphatic carbocycles. The van der Waals surface area contributed by atoms with Gasteiger partial charge in [-0.1, -0.05) is 6.92 Å². The molecule has 0 spiro atoms. The number of carbonyl (C=O) groups is 1. The molecule has 1 aliphatic heterocycles. The van der Waals surface area contributed by atoms with Gasteiger partial charge < -0.3 is 15.4 Å². The molecule has 4 atom stereocenters.